The number of anilines is 1. The monoisotopic (exact) mass is 704 g/mol. The molecule has 13 heteroatoms. The maximum Gasteiger partial charge on any atom is 0.410 e. The number of piperidine rings is 1. The summed E-state index contributed by atoms with van der Waals surface area (Å²) in [5, 5.41) is -0.300. The number of rotatable bonds is 4. The molecule has 2 fully saturated rings. The fraction of sp³-hybridized carbons (Fsp3) is 0.541. The summed E-state index contributed by atoms with van der Waals surface area (Å²) < 4.78 is 41.8. The van der Waals surface area contributed by atoms with Gasteiger partial charge in [-0.2, -0.15) is 13.4 Å². The van der Waals surface area contributed by atoms with Gasteiger partial charge >= 0.3 is 6.09 Å². The Hall–Kier alpha value is -4.26. The zero-order valence-corrected chi connectivity index (χ0v) is 30.8. The number of ether oxygens (including phenoxy) is 2. The summed E-state index contributed by atoms with van der Waals surface area (Å²) in [5.74, 6) is -0.0485. The number of amides is 2. The Labute approximate surface area is 295 Å². The van der Waals surface area contributed by atoms with Crippen molar-refractivity contribution in [3.8, 4) is 17.1 Å². The van der Waals surface area contributed by atoms with E-state index in [0.717, 1.165) is 42.4 Å². The van der Waals surface area contributed by atoms with E-state index in [0.29, 0.717) is 25.2 Å². The number of fused-ring (bicyclic) bond motifs is 4. The van der Waals surface area contributed by atoms with Crippen molar-refractivity contribution in [1.29, 1.82) is 0 Å². The number of pyridine rings is 1. The molecule has 2 amide bonds. The first-order valence-electron chi connectivity index (χ1n) is 17.4. The number of nitrogens with zero attached hydrogens (tertiary/aromatic N) is 5. The van der Waals surface area contributed by atoms with Crippen molar-refractivity contribution in [1.82, 2.24) is 24.8 Å². The Kier molecular flexibility index (Phi) is 9.57. The van der Waals surface area contributed by atoms with E-state index in [2.05, 4.69) is 33.5 Å². The van der Waals surface area contributed by atoms with Crippen LogP contribution in [-0.4, -0.2) is 82.6 Å². The second kappa shape index (κ2) is 13.5. The van der Waals surface area contributed by atoms with Gasteiger partial charge in [-0.3, -0.25) is 4.79 Å². The Morgan fingerprint density at radius 1 is 1.02 bits per heavy atom. The molecule has 2 aromatic heterocycles. The summed E-state index contributed by atoms with van der Waals surface area (Å²) >= 11 is 0. The van der Waals surface area contributed by atoms with Crippen LogP contribution in [0.4, 0.5) is 10.7 Å². The Bertz CT molecular complexity index is 1850. The number of hydrogen-bond acceptors (Lipinski definition) is 9. The van der Waals surface area contributed by atoms with E-state index in [9.17, 15) is 18.0 Å². The number of hydrogen-bond donors (Lipinski definition) is 1. The van der Waals surface area contributed by atoms with Crippen molar-refractivity contribution in [2.24, 2.45) is 11.3 Å². The van der Waals surface area contributed by atoms with Gasteiger partial charge in [0.05, 0.1) is 11.7 Å². The van der Waals surface area contributed by atoms with Gasteiger partial charge in [0, 0.05) is 30.8 Å². The zero-order valence-electron chi connectivity index (χ0n) is 30.0. The third-order valence-electron chi connectivity index (χ3n) is 9.88. The minimum Gasteiger partial charge on any atom is -0.475 e. The second-order valence-corrected chi connectivity index (χ2v) is 17.1. The lowest BCUT2D eigenvalue weighted by Gasteiger charge is -2.56. The first-order chi connectivity index (χ1) is 23.5. The molecule has 0 unspecified atom stereocenters. The highest BCUT2D eigenvalue weighted by Gasteiger charge is 2.51. The summed E-state index contributed by atoms with van der Waals surface area (Å²) in [6.45, 7) is 15.1. The van der Waals surface area contributed by atoms with Gasteiger partial charge in [-0.1, -0.05) is 38.1 Å². The van der Waals surface area contributed by atoms with Crippen LogP contribution in [0.1, 0.15) is 88.3 Å². The van der Waals surface area contributed by atoms with Crippen LogP contribution in [0.3, 0.4) is 0 Å². The van der Waals surface area contributed by atoms with E-state index in [-0.39, 0.29) is 64.6 Å². The van der Waals surface area contributed by atoms with Gasteiger partial charge in [0.1, 0.15) is 17.9 Å². The van der Waals surface area contributed by atoms with Gasteiger partial charge in [-0.15, -0.1) is 0 Å². The fourth-order valence-electron chi connectivity index (χ4n) is 7.53. The van der Waals surface area contributed by atoms with E-state index in [1.54, 1.807) is 17.0 Å². The van der Waals surface area contributed by atoms with Gasteiger partial charge in [-0.25, -0.2) is 19.5 Å². The first kappa shape index (κ1) is 35.6. The van der Waals surface area contributed by atoms with E-state index >= 15 is 0 Å². The van der Waals surface area contributed by atoms with Gasteiger partial charge in [0.15, 0.2) is 5.03 Å². The molecule has 0 radical (unpaired) electrons. The molecule has 1 atom stereocenters. The summed E-state index contributed by atoms with van der Waals surface area (Å²) in [7, 11) is -4.26. The van der Waals surface area contributed by atoms with Crippen LogP contribution in [0.5, 0.6) is 5.88 Å². The largest absolute Gasteiger partial charge is 0.475 e. The zero-order chi connectivity index (χ0) is 36.0. The van der Waals surface area contributed by atoms with Crippen LogP contribution in [0, 0.1) is 25.2 Å². The Balaban J connectivity index is 1.34. The van der Waals surface area contributed by atoms with Crippen molar-refractivity contribution in [3.63, 3.8) is 0 Å². The lowest BCUT2D eigenvalue weighted by Crippen LogP contribution is -2.60. The maximum absolute atomic E-state index is 14.5. The Morgan fingerprint density at radius 2 is 1.68 bits per heavy atom. The molecule has 2 aliphatic heterocycles. The van der Waals surface area contributed by atoms with Gasteiger partial charge in [-0.05, 0) is 101 Å². The van der Waals surface area contributed by atoms with E-state index in [1.807, 2.05) is 57.7 Å². The van der Waals surface area contributed by atoms with Crippen LogP contribution in [-0.2, 0) is 14.8 Å². The minimum atomic E-state index is -4.26. The van der Waals surface area contributed by atoms with Crippen LogP contribution in [0.15, 0.2) is 47.5 Å². The number of carbonyl (C=O) groups is 2. The predicted octanol–water partition coefficient (Wildman–Crippen LogP) is 6.39. The maximum atomic E-state index is 14.5. The fourth-order valence-corrected chi connectivity index (χ4v) is 8.44. The van der Waals surface area contributed by atoms with Crippen LogP contribution < -0.4 is 9.46 Å². The normalized spacial score (nSPS) is 20.6. The van der Waals surface area contributed by atoms with Crippen molar-refractivity contribution < 1.29 is 27.5 Å². The average Bonchev–Trinajstić information content (AvgIpc) is 3.01. The molecule has 1 N–H and O–H groups in total. The number of aryl methyl sites for hydroxylation is 2. The summed E-state index contributed by atoms with van der Waals surface area (Å²) in [6.07, 6.45) is 3.53. The molecule has 50 heavy (non-hydrogen) atoms. The molecule has 268 valence electrons. The lowest BCUT2D eigenvalue weighted by atomic mass is 9.59. The number of likely N-dealkylation sites (tertiary alicyclic amines) is 1. The molecular weight excluding hydrogens is 657 g/mol. The number of carbonyl (C=O) groups excluding carboxylic acids is 2. The molecule has 12 nitrogen and oxygen atoms in total. The molecule has 1 aromatic carbocycles. The third-order valence-corrected chi connectivity index (χ3v) is 11.1. The topological polar surface area (TPSA) is 144 Å². The third kappa shape index (κ3) is 7.57. The standard InChI is InChI=1S/C37H48N6O6S/c1-23(2)18-26-22-48-30-19-29(32-24(3)10-8-11-25(32)4)39-34(40-30)41-50(46,47)31-13-9-12-28(38-31)33(44)43(26)27-20-37(21-27)14-16-42(17-15-37)35(45)49-36(5,6)7/h8-13,19,23,26-27H,14-18,20-22H2,1-7H3,(H,39,40,41)/t26-/m1/s1. The summed E-state index contributed by atoms with van der Waals surface area (Å²) in [6, 6.07) is 11.6. The van der Waals surface area contributed by atoms with Crippen molar-refractivity contribution in [2.45, 2.75) is 103 Å². The lowest BCUT2D eigenvalue weighted by molar-refractivity contribution is -0.0556. The molecule has 3 aliphatic rings. The molecule has 4 heterocycles. The molecule has 1 aliphatic carbocycles. The molecule has 6 rings (SSSR count). The molecule has 4 bridgehead atoms. The first-order valence-corrected chi connectivity index (χ1v) is 18.9. The summed E-state index contributed by atoms with van der Waals surface area (Å²) in [5.41, 5.74) is 2.81. The predicted molar refractivity (Wildman–Crippen MR) is 189 cm³/mol. The highest BCUT2D eigenvalue weighted by atomic mass is 32.2. The molecule has 1 saturated carbocycles. The number of nitrogens with one attached hydrogen (secondary N) is 1. The van der Waals surface area contributed by atoms with Gasteiger partial charge in [0.2, 0.25) is 11.8 Å². The van der Waals surface area contributed by atoms with Crippen LogP contribution >= 0.6 is 0 Å². The van der Waals surface area contributed by atoms with E-state index in [1.165, 1.54) is 12.1 Å². The van der Waals surface area contributed by atoms with Crippen molar-refractivity contribution in [3.05, 3.63) is 59.3 Å². The SMILES string of the molecule is Cc1cccc(C)c1-c1cc2nc(n1)NS(=O)(=O)c1cccc(n1)C(=O)N(C1CC3(CCN(C(=O)OC(C)(C)C)CC3)C1)[C@H](CC(C)C)CO2. The highest BCUT2D eigenvalue weighted by Crippen LogP contribution is 2.52. The van der Waals surface area contributed by atoms with Crippen molar-refractivity contribution in [2.75, 3.05) is 24.4 Å². The number of benzene rings is 1. The minimum absolute atomic E-state index is 0.00172. The molecule has 1 saturated heterocycles. The number of aromatic nitrogens is 3. The smallest absolute Gasteiger partial charge is 0.410 e. The van der Waals surface area contributed by atoms with E-state index < -0.39 is 15.6 Å². The quantitative estimate of drug-likeness (QED) is 0.327. The average molecular weight is 705 g/mol. The summed E-state index contributed by atoms with van der Waals surface area (Å²) in [4.78, 5) is 44.3. The highest BCUT2D eigenvalue weighted by molar-refractivity contribution is 7.92. The second-order valence-electron chi connectivity index (χ2n) is 15.5. The van der Waals surface area contributed by atoms with Gasteiger partial charge < -0.3 is 19.3 Å². The molecule has 1 spiro atoms. The molecular formula is C37H48N6O6S. The molecule has 3 aromatic rings. The van der Waals surface area contributed by atoms with Gasteiger partial charge in [0.25, 0.3) is 15.9 Å². The Morgan fingerprint density at radius 3 is 2.32 bits per heavy atom. The van der Waals surface area contributed by atoms with Crippen molar-refractivity contribution >= 4 is 28.0 Å². The van der Waals surface area contributed by atoms with Crippen LogP contribution in [0.25, 0.3) is 11.3 Å². The number of sulfonamides is 1. The van der Waals surface area contributed by atoms with Crippen LogP contribution in [0.2, 0.25) is 0 Å². The van der Waals surface area contributed by atoms with E-state index in [4.69, 9.17) is 9.47 Å².